The molecule has 0 saturated carbocycles. The topological polar surface area (TPSA) is 47.6 Å². The van der Waals surface area contributed by atoms with Gasteiger partial charge in [-0.2, -0.15) is 0 Å². The first-order chi connectivity index (χ1) is 10.6. The zero-order valence-electron chi connectivity index (χ0n) is 12.6. The Bertz CT molecular complexity index is 658. The highest BCUT2D eigenvalue weighted by atomic mass is 79.9. The lowest BCUT2D eigenvalue weighted by Crippen LogP contribution is -2.20. The number of aryl methyl sites for hydroxylation is 1. The number of rotatable bonds is 6. The minimum absolute atomic E-state index is 0.0810. The van der Waals surface area contributed by atoms with E-state index >= 15 is 0 Å². The predicted molar refractivity (Wildman–Crippen MR) is 90.6 cm³/mol. The Balaban J connectivity index is 1.96. The zero-order valence-corrected chi connectivity index (χ0v) is 14.1. The average molecular weight is 364 g/mol. The third-order valence-electron chi connectivity index (χ3n) is 3.14. The maximum absolute atomic E-state index is 12.0. The first kappa shape index (κ1) is 16.4. The highest BCUT2D eigenvalue weighted by Crippen LogP contribution is 2.26. The normalized spacial score (nSPS) is 10.1. The maximum Gasteiger partial charge on any atom is 0.262 e. The second kappa shape index (κ2) is 7.84. The molecule has 116 valence electrons. The summed E-state index contributed by atoms with van der Waals surface area (Å²) in [7, 11) is 1.56. The number of carbonyl (C=O) groups is 1. The minimum Gasteiger partial charge on any atom is -0.493 e. The van der Waals surface area contributed by atoms with Crippen molar-refractivity contribution in [3.05, 3.63) is 52.5 Å². The number of hydrogen-bond acceptors (Lipinski definition) is 3. The van der Waals surface area contributed by atoms with Crippen LogP contribution in [0.15, 0.2) is 46.9 Å². The van der Waals surface area contributed by atoms with Crippen molar-refractivity contribution in [2.45, 2.75) is 13.3 Å². The molecule has 0 aromatic heterocycles. The molecule has 2 rings (SSSR count). The fraction of sp³-hybridized carbons (Fsp3) is 0.235. The summed E-state index contributed by atoms with van der Waals surface area (Å²) in [5.74, 6) is 0.917. The smallest absolute Gasteiger partial charge is 0.262 e. The summed E-state index contributed by atoms with van der Waals surface area (Å²) in [6, 6.07) is 13.1. The van der Waals surface area contributed by atoms with Gasteiger partial charge in [0.25, 0.3) is 5.91 Å². The number of ether oxygens (including phenoxy) is 2. The summed E-state index contributed by atoms with van der Waals surface area (Å²) in [5.41, 5.74) is 1.93. The Morgan fingerprint density at radius 2 is 1.91 bits per heavy atom. The van der Waals surface area contributed by atoms with Crippen molar-refractivity contribution >= 4 is 27.5 Å². The van der Waals surface area contributed by atoms with Crippen LogP contribution in [-0.4, -0.2) is 19.6 Å². The number of hydrogen-bond donors (Lipinski definition) is 1. The molecule has 0 aliphatic rings. The number of methoxy groups -OCH3 is 1. The molecule has 1 amide bonds. The van der Waals surface area contributed by atoms with Crippen molar-refractivity contribution in [1.29, 1.82) is 0 Å². The lowest BCUT2D eigenvalue weighted by Gasteiger charge is -2.11. The van der Waals surface area contributed by atoms with Crippen molar-refractivity contribution < 1.29 is 14.3 Å². The predicted octanol–water partition coefficient (Wildman–Crippen LogP) is 4.04. The first-order valence-electron chi connectivity index (χ1n) is 6.98. The van der Waals surface area contributed by atoms with Gasteiger partial charge in [-0.1, -0.05) is 25.1 Å². The van der Waals surface area contributed by atoms with Gasteiger partial charge in [0.05, 0.1) is 12.8 Å². The van der Waals surface area contributed by atoms with Crippen LogP contribution in [0.3, 0.4) is 0 Å². The summed E-state index contributed by atoms with van der Waals surface area (Å²) < 4.78 is 11.5. The fourth-order valence-electron chi connectivity index (χ4n) is 1.95. The molecule has 0 fully saturated rings. The van der Waals surface area contributed by atoms with E-state index in [-0.39, 0.29) is 12.5 Å². The van der Waals surface area contributed by atoms with Gasteiger partial charge in [0.15, 0.2) is 18.1 Å². The first-order valence-corrected chi connectivity index (χ1v) is 7.77. The van der Waals surface area contributed by atoms with Crippen LogP contribution in [0.2, 0.25) is 0 Å². The molecule has 1 N–H and O–H groups in total. The second-order valence-corrected chi connectivity index (χ2v) is 5.51. The molecule has 0 aliphatic carbocycles. The summed E-state index contributed by atoms with van der Waals surface area (Å²) >= 11 is 3.46. The van der Waals surface area contributed by atoms with E-state index in [0.717, 1.165) is 16.6 Å². The number of carbonyl (C=O) groups excluding carboxylic acids is 1. The number of nitrogens with one attached hydrogen (secondary N) is 1. The molecule has 0 radical (unpaired) electrons. The molecule has 0 saturated heterocycles. The van der Waals surface area contributed by atoms with Crippen LogP contribution in [0.4, 0.5) is 5.69 Å². The molecule has 0 unspecified atom stereocenters. The number of anilines is 1. The van der Waals surface area contributed by atoms with Crippen molar-refractivity contribution in [2.24, 2.45) is 0 Å². The van der Waals surface area contributed by atoms with Gasteiger partial charge < -0.3 is 14.8 Å². The SMILES string of the molecule is CCc1ccc(NC(=O)COc2ccccc2OC)c(Br)c1. The van der Waals surface area contributed by atoms with E-state index in [9.17, 15) is 4.79 Å². The molecule has 4 nitrogen and oxygen atoms in total. The standard InChI is InChI=1S/C17H18BrNO3/c1-3-12-8-9-14(13(18)10-12)19-17(20)11-22-16-7-5-4-6-15(16)21-2/h4-10H,3,11H2,1-2H3,(H,19,20). The fourth-order valence-corrected chi connectivity index (χ4v) is 2.47. The van der Waals surface area contributed by atoms with Crippen molar-refractivity contribution in [3.63, 3.8) is 0 Å². The van der Waals surface area contributed by atoms with Crippen LogP contribution < -0.4 is 14.8 Å². The maximum atomic E-state index is 12.0. The molecule has 0 aliphatic heterocycles. The van der Waals surface area contributed by atoms with E-state index in [0.29, 0.717) is 11.5 Å². The van der Waals surface area contributed by atoms with Crippen LogP contribution in [0, 0.1) is 0 Å². The van der Waals surface area contributed by atoms with E-state index in [1.807, 2.05) is 30.3 Å². The number of benzene rings is 2. The number of amides is 1. The number of para-hydroxylation sites is 2. The van der Waals surface area contributed by atoms with Crippen LogP contribution >= 0.6 is 15.9 Å². The Morgan fingerprint density at radius 1 is 1.18 bits per heavy atom. The molecular weight excluding hydrogens is 346 g/mol. The minimum atomic E-state index is -0.226. The van der Waals surface area contributed by atoms with E-state index in [2.05, 4.69) is 28.2 Å². The van der Waals surface area contributed by atoms with Crippen LogP contribution in [0.1, 0.15) is 12.5 Å². The van der Waals surface area contributed by atoms with Crippen LogP contribution in [0.5, 0.6) is 11.5 Å². The Morgan fingerprint density at radius 3 is 2.55 bits per heavy atom. The quantitative estimate of drug-likeness (QED) is 0.842. The summed E-state index contributed by atoms with van der Waals surface area (Å²) in [4.78, 5) is 12.0. The molecule has 2 aromatic rings. The van der Waals surface area contributed by atoms with Gasteiger partial charge >= 0.3 is 0 Å². The third kappa shape index (κ3) is 4.24. The Kier molecular flexibility index (Phi) is 5.83. The third-order valence-corrected chi connectivity index (χ3v) is 3.80. The average Bonchev–Trinajstić information content (AvgIpc) is 2.55. The van der Waals surface area contributed by atoms with E-state index in [1.165, 1.54) is 5.56 Å². The van der Waals surface area contributed by atoms with Gasteiger partial charge in [0.2, 0.25) is 0 Å². The summed E-state index contributed by atoms with van der Waals surface area (Å²) in [5, 5.41) is 2.82. The molecule has 22 heavy (non-hydrogen) atoms. The molecule has 0 heterocycles. The van der Waals surface area contributed by atoms with Gasteiger partial charge in [-0.05, 0) is 52.2 Å². The van der Waals surface area contributed by atoms with E-state index in [1.54, 1.807) is 19.2 Å². The van der Waals surface area contributed by atoms with Crippen molar-refractivity contribution in [1.82, 2.24) is 0 Å². The van der Waals surface area contributed by atoms with Crippen LogP contribution in [0.25, 0.3) is 0 Å². The lowest BCUT2D eigenvalue weighted by atomic mass is 10.1. The van der Waals surface area contributed by atoms with Gasteiger partial charge in [-0.15, -0.1) is 0 Å². The van der Waals surface area contributed by atoms with Gasteiger partial charge in [0, 0.05) is 4.47 Å². The van der Waals surface area contributed by atoms with Gasteiger partial charge in [-0.3, -0.25) is 4.79 Å². The van der Waals surface area contributed by atoms with E-state index < -0.39 is 0 Å². The van der Waals surface area contributed by atoms with Crippen molar-refractivity contribution in [2.75, 3.05) is 19.0 Å². The number of halogens is 1. The molecule has 0 spiro atoms. The zero-order chi connectivity index (χ0) is 15.9. The van der Waals surface area contributed by atoms with Crippen LogP contribution in [-0.2, 0) is 11.2 Å². The van der Waals surface area contributed by atoms with Crippen molar-refractivity contribution in [3.8, 4) is 11.5 Å². The molecule has 5 heteroatoms. The largest absolute Gasteiger partial charge is 0.493 e. The highest BCUT2D eigenvalue weighted by molar-refractivity contribution is 9.10. The van der Waals surface area contributed by atoms with Gasteiger partial charge in [0.1, 0.15) is 0 Å². The monoisotopic (exact) mass is 363 g/mol. The summed E-state index contributed by atoms with van der Waals surface area (Å²) in [6.07, 6.45) is 0.948. The Labute approximate surface area is 138 Å². The summed E-state index contributed by atoms with van der Waals surface area (Å²) in [6.45, 7) is 2.00. The second-order valence-electron chi connectivity index (χ2n) is 4.66. The van der Waals surface area contributed by atoms with E-state index in [4.69, 9.17) is 9.47 Å². The van der Waals surface area contributed by atoms with Gasteiger partial charge in [-0.25, -0.2) is 0 Å². The Hall–Kier alpha value is -2.01. The molecule has 0 atom stereocenters. The highest BCUT2D eigenvalue weighted by Gasteiger charge is 2.09. The molecular formula is C17H18BrNO3. The molecule has 0 bridgehead atoms. The molecule has 2 aromatic carbocycles. The lowest BCUT2D eigenvalue weighted by molar-refractivity contribution is -0.118.